The number of ether oxygens (including phenoxy) is 2. The number of nitrogens with one attached hydrogen (secondary N) is 1. The van der Waals surface area contributed by atoms with E-state index in [-0.39, 0.29) is 12.5 Å². The third-order valence-corrected chi connectivity index (χ3v) is 17.0. The largest absolute Gasteiger partial charge is 0.394 e. The van der Waals surface area contributed by atoms with Gasteiger partial charge in [0.1, 0.15) is 24.4 Å². The summed E-state index contributed by atoms with van der Waals surface area (Å²) in [5.41, 5.74) is 0. The number of aliphatic hydroxyl groups is 5. The van der Waals surface area contributed by atoms with Gasteiger partial charge in [-0.15, -0.1) is 0 Å². The zero-order valence-corrected chi connectivity index (χ0v) is 50.8. The second kappa shape index (κ2) is 57.4. The van der Waals surface area contributed by atoms with E-state index >= 15 is 0 Å². The maximum Gasteiger partial charge on any atom is 0.220 e. The normalized spacial score (nSPS) is 18.6. The van der Waals surface area contributed by atoms with E-state index in [0.29, 0.717) is 12.8 Å². The van der Waals surface area contributed by atoms with Crippen LogP contribution in [0.4, 0.5) is 0 Å². The molecule has 9 nitrogen and oxygen atoms in total. The molecule has 0 radical (unpaired) electrons. The van der Waals surface area contributed by atoms with Gasteiger partial charge in [-0.25, -0.2) is 0 Å². The Kier molecular flexibility index (Phi) is 55.3. The van der Waals surface area contributed by atoms with Crippen LogP contribution in [0.2, 0.25) is 0 Å². The fraction of sp³-hybridized carbons (Fsp3) is 0.985. The summed E-state index contributed by atoms with van der Waals surface area (Å²) in [5.74, 6) is -0.133. The topological polar surface area (TPSA) is 149 Å². The van der Waals surface area contributed by atoms with Crippen LogP contribution in [0.15, 0.2) is 0 Å². The average molecular weight is 1080 g/mol. The molecule has 1 aliphatic rings. The smallest absolute Gasteiger partial charge is 0.220 e. The zero-order valence-electron chi connectivity index (χ0n) is 50.8. The molecule has 0 spiro atoms. The highest BCUT2D eigenvalue weighted by Crippen LogP contribution is 2.24. The molecule has 1 saturated heterocycles. The van der Waals surface area contributed by atoms with E-state index in [9.17, 15) is 30.3 Å². The summed E-state index contributed by atoms with van der Waals surface area (Å²) < 4.78 is 11.4. The van der Waals surface area contributed by atoms with Gasteiger partial charge in [0, 0.05) is 6.42 Å². The summed E-state index contributed by atoms with van der Waals surface area (Å²) in [6.45, 7) is 3.90. The first-order valence-electron chi connectivity index (χ1n) is 34.2. The number of rotatable bonds is 61. The van der Waals surface area contributed by atoms with Gasteiger partial charge in [-0.1, -0.05) is 348 Å². The summed E-state index contributed by atoms with van der Waals surface area (Å²) in [4.78, 5) is 13.1. The standard InChI is InChI=1S/C67H133NO8/c1-3-5-7-9-11-13-15-17-19-21-23-25-26-27-28-29-30-31-32-33-34-35-37-39-41-43-45-47-49-51-53-55-57-63(71)68-60(59-75-67-66(74)65(73)64(72)62(58-69)76-67)61(70)56-54-52-50-48-46-44-42-40-38-36-24-22-20-18-16-14-12-10-8-6-4-2/h60-62,64-67,69-70,72-74H,3-59H2,1-2H3,(H,68,71). The summed E-state index contributed by atoms with van der Waals surface area (Å²) in [6, 6.07) is -0.715. The maximum atomic E-state index is 13.1. The minimum Gasteiger partial charge on any atom is -0.394 e. The molecule has 1 fully saturated rings. The molecule has 1 aliphatic heterocycles. The predicted octanol–water partition coefficient (Wildman–Crippen LogP) is 18.1. The second-order valence-corrected chi connectivity index (χ2v) is 24.3. The van der Waals surface area contributed by atoms with Crippen molar-refractivity contribution in [3.8, 4) is 0 Å². The zero-order chi connectivity index (χ0) is 55.0. The predicted molar refractivity (Wildman–Crippen MR) is 323 cm³/mol. The first-order chi connectivity index (χ1) is 37.3. The van der Waals surface area contributed by atoms with Crippen molar-refractivity contribution >= 4 is 5.91 Å². The quantitative estimate of drug-likeness (QED) is 0.0330. The van der Waals surface area contributed by atoms with Crippen molar-refractivity contribution in [3.63, 3.8) is 0 Å². The summed E-state index contributed by atoms with van der Waals surface area (Å²) >= 11 is 0. The molecule has 1 rings (SSSR count). The van der Waals surface area contributed by atoms with Gasteiger partial charge in [-0.3, -0.25) is 4.79 Å². The molecular formula is C67H133NO8. The van der Waals surface area contributed by atoms with Crippen molar-refractivity contribution in [2.24, 2.45) is 0 Å². The first kappa shape index (κ1) is 73.2. The van der Waals surface area contributed by atoms with Crippen molar-refractivity contribution in [3.05, 3.63) is 0 Å². The molecule has 7 unspecified atom stereocenters. The van der Waals surface area contributed by atoms with Gasteiger partial charge in [0.15, 0.2) is 6.29 Å². The summed E-state index contributed by atoms with van der Waals surface area (Å²) in [5, 5.41) is 54.9. The molecule has 0 aromatic carbocycles. The highest BCUT2D eigenvalue weighted by molar-refractivity contribution is 5.76. The number of carbonyl (C=O) groups is 1. The van der Waals surface area contributed by atoms with Gasteiger partial charge in [0.25, 0.3) is 0 Å². The minimum absolute atomic E-state index is 0.130. The van der Waals surface area contributed by atoms with Crippen molar-refractivity contribution < 1.29 is 39.8 Å². The maximum absolute atomic E-state index is 13.1. The Morgan fingerprint density at radius 3 is 0.934 bits per heavy atom. The molecule has 0 aromatic rings. The minimum atomic E-state index is -1.55. The molecule has 0 aromatic heterocycles. The highest BCUT2D eigenvalue weighted by Gasteiger charge is 2.44. The number of carbonyl (C=O) groups excluding carboxylic acids is 1. The lowest BCUT2D eigenvalue weighted by Crippen LogP contribution is -2.60. The van der Waals surface area contributed by atoms with Crippen LogP contribution < -0.4 is 5.32 Å². The lowest BCUT2D eigenvalue weighted by atomic mass is 9.99. The van der Waals surface area contributed by atoms with Gasteiger partial charge in [-0.2, -0.15) is 0 Å². The van der Waals surface area contributed by atoms with Crippen LogP contribution in [0.5, 0.6) is 0 Å². The van der Waals surface area contributed by atoms with Gasteiger partial charge < -0.3 is 40.3 Å². The van der Waals surface area contributed by atoms with Crippen molar-refractivity contribution in [2.75, 3.05) is 13.2 Å². The number of hydrogen-bond donors (Lipinski definition) is 6. The van der Waals surface area contributed by atoms with E-state index in [0.717, 1.165) is 38.5 Å². The average Bonchev–Trinajstić information content (AvgIpc) is 3.42. The van der Waals surface area contributed by atoms with Crippen LogP contribution in [0.25, 0.3) is 0 Å². The Morgan fingerprint density at radius 1 is 0.395 bits per heavy atom. The molecule has 1 amide bonds. The summed E-state index contributed by atoms with van der Waals surface area (Å²) in [6.07, 6.45) is 64.6. The molecule has 454 valence electrons. The lowest BCUT2D eigenvalue weighted by molar-refractivity contribution is -0.302. The fourth-order valence-corrected chi connectivity index (χ4v) is 11.6. The Morgan fingerprint density at radius 2 is 0.658 bits per heavy atom. The number of unbranched alkanes of at least 4 members (excludes halogenated alkanes) is 51. The van der Waals surface area contributed by atoms with E-state index < -0.39 is 49.5 Å². The molecule has 0 bridgehead atoms. The SMILES string of the molecule is CCCCCCCCCCCCCCCCCCCCCCCCCCCCCCCCCCC(=O)NC(COC1OC(CO)C(O)C(O)C1O)C(O)CCCCCCCCCCCCCCCCCCCCCCC. The second-order valence-electron chi connectivity index (χ2n) is 24.3. The molecule has 9 heteroatoms. The molecule has 6 N–H and O–H groups in total. The molecule has 0 aliphatic carbocycles. The van der Waals surface area contributed by atoms with E-state index in [4.69, 9.17) is 9.47 Å². The van der Waals surface area contributed by atoms with Gasteiger partial charge in [0.2, 0.25) is 5.91 Å². The van der Waals surface area contributed by atoms with Gasteiger partial charge >= 0.3 is 0 Å². The lowest BCUT2D eigenvalue weighted by Gasteiger charge is -2.40. The summed E-state index contributed by atoms with van der Waals surface area (Å²) in [7, 11) is 0. The Hall–Kier alpha value is -0.810. The van der Waals surface area contributed by atoms with Crippen LogP contribution in [0.3, 0.4) is 0 Å². The van der Waals surface area contributed by atoms with E-state index in [1.165, 1.54) is 302 Å². The fourth-order valence-electron chi connectivity index (χ4n) is 11.6. The van der Waals surface area contributed by atoms with Crippen LogP contribution in [0, 0.1) is 0 Å². The van der Waals surface area contributed by atoms with Crippen molar-refractivity contribution in [2.45, 2.75) is 410 Å². The van der Waals surface area contributed by atoms with E-state index in [1.807, 2.05) is 0 Å². The van der Waals surface area contributed by atoms with Crippen LogP contribution in [-0.2, 0) is 14.3 Å². The van der Waals surface area contributed by atoms with Crippen molar-refractivity contribution in [1.29, 1.82) is 0 Å². The first-order valence-corrected chi connectivity index (χ1v) is 34.2. The molecule has 7 atom stereocenters. The number of hydrogen-bond acceptors (Lipinski definition) is 8. The van der Waals surface area contributed by atoms with Gasteiger partial charge in [-0.05, 0) is 12.8 Å². The van der Waals surface area contributed by atoms with Crippen LogP contribution in [0.1, 0.15) is 367 Å². The number of amides is 1. The van der Waals surface area contributed by atoms with Gasteiger partial charge in [0.05, 0.1) is 25.4 Å². The third-order valence-electron chi connectivity index (χ3n) is 17.0. The number of aliphatic hydroxyl groups excluding tert-OH is 5. The molecule has 76 heavy (non-hydrogen) atoms. The molecular weight excluding hydrogens is 947 g/mol. The Balaban J connectivity index is 2.08. The molecule has 1 heterocycles. The third kappa shape index (κ3) is 45.9. The van der Waals surface area contributed by atoms with Crippen LogP contribution >= 0.6 is 0 Å². The highest BCUT2D eigenvalue weighted by atomic mass is 16.7. The molecule has 0 saturated carbocycles. The van der Waals surface area contributed by atoms with E-state index in [1.54, 1.807) is 0 Å². The monoisotopic (exact) mass is 1080 g/mol. The van der Waals surface area contributed by atoms with E-state index in [2.05, 4.69) is 19.2 Å². The Labute approximate surface area is 472 Å². The van der Waals surface area contributed by atoms with Crippen LogP contribution in [-0.4, -0.2) is 87.5 Å². The van der Waals surface area contributed by atoms with Crippen molar-refractivity contribution in [1.82, 2.24) is 5.32 Å². The Bertz CT molecular complexity index is 1160.